The van der Waals surface area contributed by atoms with Crippen LogP contribution in [-0.2, 0) is 23.7 Å². The van der Waals surface area contributed by atoms with Crippen LogP contribution in [0.1, 0.15) is 33.3 Å². The van der Waals surface area contributed by atoms with E-state index in [1.54, 1.807) is 18.2 Å². The molecule has 3 fully saturated rings. The maximum Gasteiger partial charge on any atom is 0.191 e. The van der Waals surface area contributed by atoms with Gasteiger partial charge in [0.1, 0.15) is 24.0 Å². The van der Waals surface area contributed by atoms with Crippen molar-refractivity contribution >= 4 is 0 Å². The van der Waals surface area contributed by atoms with Gasteiger partial charge in [-0.3, -0.25) is 0 Å². The highest BCUT2D eigenvalue weighted by Crippen LogP contribution is 2.42. The van der Waals surface area contributed by atoms with E-state index >= 15 is 0 Å². The summed E-state index contributed by atoms with van der Waals surface area (Å²) >= 11 is 0. The number of nitriles is 1. The Labute approximate surface area is 152 Å². The molecule has 1 aromatic rings. The first-order valence-corrected chi connectivity index (χ1v) is 8.77. The van der Waals surface area contributed by atoms with Crippen LogP contribution >= 0.6 is 0 Å². The maximum absolute atomic E-state index is 9.35. The first-order valence-electron chi connectivity index (χ1n) is 8.77. The SMILES string of the molecule is CC1(C)OCC([C@H]2O[C@@H]3OC(C)(C)O[C@@H]3C2Oc2ccccc2C#N)O1. The molecule has 3 saturated heterocycles. The van der Waals surface area contributed by atoms with Gasteiger partial charge in [0.05, 0.1) is 12.2 Å². The molecule has 0 N–H and O–H groups in total. The highest BCUT2D eigenvalue weighted by atomic mass is 16.8. The van der Waals surface area contributed by atoms with Crippen molar-refractivity contribution < 1.29 is 28.4 Å². The van der Waals surface area contributed by atoms with Crippen LogP contribution in [0.5, 0.6) is 5.75 Å². The van der Waals surface area contributed by atoms with Crippen molar-refractivity contribution in [3.05, 3.63) is 29.8 Å². The first-order chi connectivity index (χ1) is 12.3. The minimum absolute atomic E-state index is 0.315. The summed E-state index contributed by atoms with van der Waals surface area (Å²) in [4.78, 5) is 0. The molecule has 3 heterocycles. The Bertz CT molecular complexity index is 727. The van der Waals surface area contributed by atoms with Crippen LogP contribution < -0.4 is 4.74 Å². The molecule has 5 atom stereocenters. The van der Waals surface area contributed by atoms with Gasteiger partial charge in [-0.2, -0.15) is 5.26 Å². The smallest absolute Gasteiger partial charge is 0.191 e. The lowest BCUT2D eigenvalue weighted by Gasteiger charge is -2.29. The van der Waals surface area contributed by atoms with Crippen molar-refractivity contribution in [1.82, 2.24) is 0 Å². The van der Waals surface area contributed by atoms with Gasteiger partial charge in [-0.1, -0.05) is 12.1 Å². The fourth-order valence-corrected chi connectivity index (χ4v) is 3.62. The molecule has 0 bridgehead atoms. The first kappa shape index (κ1) is 17.7. The summed E-state index contributed by atoms with van der Waals surface area (Å²) in [5, 5.41) is 9.35. The van der Waals surface area contributed by atoms with E-state index in [-0.39, 0.29) is 6.10 Å². The van der Waals surface area contributed by atoms with Gasteiger partial charge in [-0.15, -0.1) is 0 Å². The van der Waals surface area contributed by atoms with Gasteiger partial charge in [0.25, 0.3) is 0 Å². The molecule has 26 heavy (non-hydrogen) atoms. The van der Waals surface area contributed by atoms with E-state index < -0.39 is 36.2 Å². The van der Waals surface area contributed by atoms with Crippen LogP contribution in [0.4, 0.5) is 0 Å². The summed E-state index contributed by atoms with van der Waals surface area (Å²) in [5.74, 6) is -0.953. The summed E-state index contributed by atoms with van der Waals surface area (Å²) in [6.07, 6.45) is -2.21. The number of para-hydroxylation sites is 1. The maximum atomic E-state index is 9.35. The van der Waals surface area contributed by atoms with E-state index in [2.05, 4.69) is 6.07 Å². The van der Waals surface area contributed by atoms with Crippen LogP contribution in [0.15, 0.2) is 24.3 Å². The number of hydrogen-bond donors (Lipinski definition) is 0. The molecule has 2 unspecified atom stereocenters. The molecule has 0 radical (unpaired) electrons. The Kier molecular flexibility index (Phi) is 4.21. The van der Waals surface area contributed by atoms with E-state index in [1.807, 2.05) is 33.8 Å². The van der Waals surface area contributed by atoms with E-state index in [1.165, 1.54) is 0 Å². The molecule has 0 aliphatic carbocycles. The average molecular weight is 361 g/mol. The lowest BCUT2D eigenvalue weighted by molar-refractivity contribution is -0.230. The lowest BCUT2D eigenvalue weighted by atomic mass is 10.1. The monoisotopic (exact) mass is 361 g/mol. The van der Waals surface area contributed by atoms with Crippen molar-refractivity contribution in [2.45, 2.75) is 70.0 Å². The molecule has 0 saturated carbocycles. The zero-order chi connectivity index (χ0) is 18.5. The van der Waals surface area contributed by atoms with Gasteiger partial charge in [-0.05, 0) is 39.8 Å². The second-order valence-electron chi connectivity index (χ2n) is 7.63. The Balaban J connectivity index is 1.61. The second kappa shape index (κ2) is 6.19. The zero-order valence-corrected chi connectivity index (χ0v) is 15.3. The van der Waals surface area contributed by atoms with Crippen LogP contribution in [0.2, 0.25) is 0 Å². The molecular formula is C19H23NO6. The summed E-state index contributed by atoms with van der Waals surface area (Å²) in [7, 11) is 0. The third-order valence-electron chi connectivity index (χ3n) is 4.69. The predicted octanol–water partition coefficient (Wildman–Crippen LogP) is 2.33. The molecule has 7 nitrogen and oxygen atoms in total. The van der Waals surface area contributed by atoms with Gasteiger partial charge in [-0.25, -0.2) is 0 Å². The molecule has 3 aliphatic rings. The molecule has 0 amide bonds. The van der Waals surface area contributed by atoms with Gasteiger partial charge < -0.3 is 28.4 Å². The summed E-state index contributed by atoms with van der Waals surface area (Å²) in [6.45, 7) is 7.78. The van der Waals surface area contributed by atoms with Crippen molar-refractivity contribution in [1.29, 1.82) is 5.26 Å². The Morgan fingerprint density at radius 1 is 1.04 bits per heavy atom. The van der Waals surface area contributed by atoms with Crippen LogP contribution in [0.25, 0.3) is 0 Å². The van der Waals surface area contributed by atoms with Crippen LogP contribution in [0.3, 0.4) is 0 Å². The van der Waals surface area contributed by atoms with Crippen LogP contribution in [0, 0.1) is 11.3 Å². The molecule has 0 aromatic heterocycles. The van der Waals surface area contributed by atoms with E-state index in [4.69, 9.17) is 28.4 Å². The molecule has 7 heteroatoms. The Morgan fingerprint density at radius 3 is 2.50 bits per heavy atom. The third-order valence-corrected chi connectivity index (χ3v) is 4.69. The van der Waals surface area contributed by atoms with Gasteiger partial charge in [0, 0.05) is 0 Å². The predicted molar refractivity (Wildman–Crippen MR) is 89.2 cm³/mol. The normalized spacial score (nSPS) is 37.3. The summed E-state index contributed by atoms with van der Waals surface area (Å²) in [6, 6.07) is 9.25. The van der Waals surface area contributed by atoms with Gasteiger partial charge in [0.15, 0.2) is 30.1 Å². The van der Waals surface area contributed by atoms with Crippen LogP contribution in [-0.4, -0.2) is 48.9 Å². The third kappa shape index (κ3) is 3.20. The largest absolute Gasteiger partial charge is 0.483 e. The highest BCUT2D eigenvalue weighted by Gasteiger charge is 2.59. The topological polar surface area (TPSA) is 79.2 Å². The zero-order valence-electron chi connectivity index (χ0n) is 15.3. The van der Waals surface area contributed by atoms with E-state index in [0.717, 1.165) is 0 Å². The Hall–Kier alpha value is -1.69. The molecule has 4 rings (SSSR count). The van der Waals surface area contributed by atoms with Crippen molar-refractivity contribution in [2.24, 2.45) is 0 Å². The van der Waals surface area contributed by atoms with E-state index in [0.29, 0.717) is 17.9 Å². The molecule has 3 aliphatic heterocycles. The Morgan fingerprint density at radius 2 is 1.81 bits per heavy atom. The number of rotatable bonds is 3. The standard InChI is InChI=1S/C19H23NO6/c1-18(2)21-10-13(24-18)14-15(16-17(23-14)26-19(3,4)25-16)22-12-8-6-5-7-11(12)9-20/h5-8,13-17H,10H2,1-4H3/t13?,14-,15?,16-,17-/m1/s1. The quantitative estimate of drug-likeness (QED) is 0.817. The van der Waals surface area contributed by atoms with Gasteiger partial charge in [0.2, 0.25) is 0 Å². The van der Waals surface area contributed by atoms with Crippen molar-refractivity contribution in [3.63, 3.8) is 0 Å². The minimum atomic E-state index is -0.761. The molecular weight excluding hydrogens is 338 g/mol. The van der Waals surface area contributed by atoms with E-state index in [9.17, 15) is 5.26 Å². The number of hydrogen-bond acceptors (Lipinski definition) is 7. The lowest BCUT2D eigenvalue weighted by Crippen LogP contribution is -2.46. The fourth-order valence-electron chi connectivity index (χ4n) is 3.62. The number of ether oxygens (including phenoxy) is 6. The summed E-state index contributed by atoms with van der Waals surface area (Å²) in [5.41, 5.74) is 0.455. The number of benzene rings is 1. The minimum Gasteiger partial charge on any atom is -0.483 e. The molecule has 1 aromatic carbocycles. The summed E-state index contributed by atoms with van der Waals surface area (Å²) < 4.78 is 35.8. The van der Waals surface area contributed by atoms with Crippen molar-refractivity contribution in [2.75, 3.05) is 6.61 Å². The molecule has 0 spiro atoms. The average Bonchev–Trinajstić information content (AvgIpc) is 3.18. The fraction of sp³-hybridized carbons (Fsp3) is 0.632. The second-order valence-corrected chi connectivity index (χ2v) is 7.63. The number of nitrogens with zero attached hydrogens (tertiary/aromatic N) is 1. The molecule has 140 valence electrons. The van der Waals surface area contributed by atoms with Gasteiger partial charge >= 0.3 is 0 Å². The van der Waals surface area contributed by atoms with Crippen molar-refractivity contribution in [3.8, 4) is 11.8 Å². The number of fused-ring (bicyclic) bond motifs is 1. The highest BCUT2D eigenvalue weighted by molar-refractivity contribution is 5.42.